The van der Waals surface area contributed by atoms with Crippen molar-refractivity contribution in [3.05, 3.63) is 48.5 Å². The number of rotatable bonds is 15. The highest BCUT2D eigenvalue weighted by Crippen LogP contribution is 2.24. The van der Waals surface area contributed by atoms with E-state index in [1.165, 1.54) is 8.61 Å². The van der Waals surface area contributed by atoms with Gasteiger partial charge in [-0.2, -0.15) is 8.61 Å². The zero-order valence-electron chi connectivity index (χ0n) is 25.5. The van der Waals surface area contributed by atoms with Gasteiger partial charge in [-0.1, -0.05) is 38.5 Å². The van der Waals surface area contributed by atoms with E-state index in [0.29, 0.717) is 50.4 Å². The third kappa shape index (κ3) is 9.85. The average Bonchev–Trinajstić information content (AvgIpc) is 3.03. The van der Waals surface area contributed by atoms with Crippen molar-refractivity contribution in [3.8, 4) is 0 Å². The number of nitrogens with one attached hydrogen (secondary N) is 2. The van der Waals surface area contributed by atoms with Crippen LogP contribution in [0, 0.1) is 0 Å². The second-order valence-electron chi connectivity index (χ2n) is 11.7. The molecule has 242 valence electrons. The summed E-state index contributed by atoms with van der Waals surface area (Å²) < 4.78 is 54.2. The third-order valence-electron chi connectivity index (χ3n) is 8.24. The zero-order valence-corrected chi connectivity index (χ0v) is 27.1. The number of anilines is 2. The number of amides is 2. The second-order valence-corrected chi connectivity index (χ2v) is 15.6. The molecular formula is C32H46N4O6S2. The minimum atomic E-state index is -3.48. The molecule has 2 aliphatic rings. The third-order valence-corrected chi connectivity index (χ3v) is 12.1. The lowest BCUT2D eigenvalue weighted by Gasteiger charge is -2.25. The summed E-state index contributed by atoms with van der Waals surface area (Å²) >= 11 is 0. The van der Waals surface area contributed by atoms with E-state index in [1.54, 1.807) is 48.5 Å². The van der Waals surface area contributed by atoms with Crippen LogP contribution in [0.4, 0.5) is 11.4 Å². The first-order chi connectivity index (χ1) is 21.2. The van der Waals surface area contributed by atoms with Gasteiger partial charge in [0.05, 0.1) is 9.79 Å². The molecule has 2 N–H and O–H groups in total. The zero-order chi connectivity index (χ0) is 31.4. The van der Waals surface area contributed by atoms with Crippen LogP contribution >= 0.6 is 0 Å². The fourth-order valence-electron chi connectivity index (χ4n) is 5.65. The molecule has 0 radical (unpaired) electrons. The minimum absolute atomic E-state index is 0.0922. The molecule has 10 nitrogen and oxygen atoms in total. The van der Waals surface area contributed by atoms with Gasteiger partial charge in [0, 0.05) is 50.4 Å². The number of piperidine rings is 2. The summed E-state index contributed by atoms with van der Waals surface area (Å²) in [5.41, 5.74) is 1.17. The van der Waals surface area contributed by atoms with Gasteiger partial charge in [0.1, 0.15) is 0 Å². The topological polar surface area (TPSA) is 133 Å². The van der Waals surface area contributed by atoms with Crippen LogP contribution in [0.1, 0.15) is 89.9 Å². The van der Waals surface area contributed by atoms with Gasteiger partial charge in [0.15, 0.2) is 0 Å². The summed E-state index contributed by atoms with van der Waals surface area (Å²) in [6, 6.07) is 12.8. The fraction of sp³-hybridized carbons (Fsp3) is 0.562. The van der Waals surface area contributed by atoms with Crippen LogP contribution in [-0.2, 0) is 29.6 Å². The number of carbonyl (C=O) groups excluding carboxylic acids is 2. The number of benzene rings is 2. The molecule has 2 amide bonds. The molecule has 0 aliphatic carbocycles. The summed E-state index contributed by atoms with van der Waals surface area (Å²) in [6.07, 6.45) is 11.8. The van der Waals surface area contributed by atoms with Crippen molar-refractivity contribution in [2.24, 2.45) is 0 Å². The lowest BCUT2D eigenvalue weighted by Crippen LogP contribution is -2.35. The Labute approximate surface area is 262 Å². The van der Waals surface area contributed by atoms with Crippen molar-refractivity contribution in [2.75, 3.05) is 36.8 Å². The van der Waals surface area contributed by atoms with Crippen molar-refractivity contribution in [1.82, 2.24) is 8.61 Å². The van der Waals surface area contributed by atoms with Crippen molar-refractivity contribution >= 4 is 43.2 Å². The van der Waals surface area contributed by atoms with Crippen LogP contribution in [0.3, 0.4) is 0 Å². The molecule has 2 heterocycles. The predicted octanol–water partition coefficient (Wildman–Crippen LogP) is 5.73. The lowest BCUT2D eigenvalue weighted by molar-refractivity contribution is -0.117. The van der Waals surface area contributed by atoms with Gasteiger partial charge in [0.2, 0.25) is 31.9 Å². The summed E-state index contributed by atoms with van der Waals surface area (Å²) in [5, 5.41) is 5.69. The van der Waals surface area contributed by atoms with Crippen molar-refractivity contribution in [3.63, 3.8) is 0 Å². The summed E-state index contributed by atoms with van der Waals surface area (Å²) in [6.45, 7) is 2.23. The molecule has 44 heavy (non-hydrogen) atoms. The average molecular weight is 647 g/mol. The van der Waals surface area contributed by atoms with Crippen LogP contribution in [0.15, 0.2) is 58.3 Å². The molecule has 2 aromatic rings. The van der Waals surface area contributed by atoms with Crippen LogP contribution in [-0.4, -0.2) is 63.4 Å². The van der Waals surface area contributed by atoms with Gasteiger partial charge in [0.25, 0.3) is 0 Å². The van der Waals surface area contributed by atoms with Gasteiger partial charge in [-0.05, 0) is 87.1 Å². The molecule has 12 heteroatoms. The quantitative estimate of drug-likeness (QED) is 0.238. The molecule has 0 atom stereocenters. The first-order valence-corrected chi connectivity index (χ1v) is 18.8. The normalized spacial score (nSPS) is 16.8. The standard InChI is InChI=1S/C32H46N4O6S2/c37-31(33-27-15-19-29(20-16-27)43(39,40)35-23-9-5-10-24-35)13-7-3-1-2-4-8-14-32(38)34-28-17-21-30(22-18-28)44(41,42)36-25-11-6-12-26-36/h15-22H,1-14,23-26H2,(H,33,37)(H,34,38). The van der Waals surface area contributed by atoms with E-state index < -0.39 is 20.0 Å². The molecule has 2 saturated heterocycles. The molecule has 0 spiro atoms. The van der Waals surface area contributed by atoms with E-state index >= 15 is 0 Å². The number of hydrogen-bond acceptors (Lipinski definition) is 6. The highest BCUT2D eigenvalue weighted by atomic mass is 32.2. The number of sulfonamides is 2. The van der Waals surface area contributed by atoms with E-state index in [1.807, 2.05) is 0 Å². The van der Waals surface area contributed by atoms with E-state index in [4.69, 9.17) is 0 Å². The maximum absolute atomic E-state index is 12.8. The Morgan fingerprint density at radius 1 is 0.500 bits per heavy atom. The number of unbranched alkanes of at least 4 members (excludes halogenated alkanes) is 5. The Morgan fingerprint density at radius 2 is 0.818 bits per heavy atom. The van der Waals surface area contributed by atoms with Gasteiger partial charge in [-0.25, -0.2) is 16.8 Å². The van der Waals surface area contributed by atoms with Crippen molar-refractivity contribution in [2.45, 2.75) is 99.7 Å². The molecule has 0 bridgehead atoms. The van der Waals surface area contributed by atoms with Crippen LogP contribution in [0.25, 0.3) is 0 Å². The highest BCUT2D eigenvalue weighted by molar-refractivity contribution is 7.89. The van der Waals surface area contributed by atoms with Crippen LogP contribution < -0.4 is 10.6 Å². The Kier molecular flexibility index (Phi) is 12.8. The second kappa shape index (κ2) is 16.5. The molecule has 2 fully saturated rings. The number of carbonyl (C=O) groups is 2. The first-order valence-electron chi connectivity index (χ1n) is 16.0. The van der Waals surface area contributed by atoms with E-state index in [2.05, 4.69) is 10.6 Å². The van der Waals surface area contributed by atoms with Gasteiger partial charge < -0.3 is 10.6 Å². The van der Waals surface area contributed by atoms with E-state index in [-0.39, 0.29) is 21.6 Å². The maximum Gasteiger partial charge on any atom is 0.243 e. The van der Waals surface area contributed by atoms with Crippen molar-refractivity contribution < 1.29 is 26.4 Å². The van der Waals surface area contributed by atoms with E-state index in [9.17, 15) is 26.4 Å². The lowest BCUT2D eigenvalue weighted by atomic mass is 10.1. The summed E-state index contributed by atoms with van der Waals surface area (Å²) in [4.78, 5) is 25.2. The SMILES string of the molecule is O=C(CCCCCCCCC(=O)Nc1ccc(S(=O)(=O)N2CCCCC2)cc1)Nc1ccc(S(=O)(=O)N2CCCCC2)cc1. The molecule has 0 unspecified atom stereocenters. The van der Waals surface area contributed by atoms with Crippen LogP contribution in [0.5, 0.6) is 0 Å². The summed E-state index contributed by atoms with van der Waals surface area (Å²) in [7, 11) is -6.97. The fourth-order valence-corrected chi connectivity index (χ4v) is 8.69. The van der Waals surface area contributed by atoms with Crippen LogP contribution in [0.2, 0.25) is 0 Å². The molecule has 0 saturated carbocycles. The first kappa shape index (κ1) is 34.1. The Bertz CT molecular complexity index is 1320. The smallest absolute Gasteiger partial charge is 0.243 e. The largest absolute Gasteiger partial charge is 0.326 e. The molecule has 2 aliphatic heterocycles. The Balaban J connectivity index is 1.05. The van der Waals surface area contributed by atoms with Gasteiger partial charge in [-0.15, -0.1) is 0 Å². The minimum Gasteiger partial charge on any atom is -0.326 e. The number of hydrogen-bond donors (Lipinski definition) is 2. The van der Waals surface area contributed by atoms with E-state index in [0.717, 1.165) is 77.0 Å². The Hall–Kier alpha value is -2.80. The maximum atomic E-state index is 12.8. The monoisotopic (exact) mass is 646 g/mol. The molecule has 4 rings (SSSR count). The number of nitrogens with zero attached hydrogens (tertiary/aromatic N) is 2. The predicted molar refractivity (Wildman–Crippen MR) is 172 cm³/mol. The van der Waals surface area contributed by atoms with Gasteiger partial charge in [-0.3, -0.25) is 9.59 Å². The summed E-state index contributed by atoms with van der Waals surface area (Å²) in [5.74, 6) is -0.184. The van der Waals surface area contributed by atoms with Crippen molar-refractivity contribution in [1.29, 1.82) is 0 Å². The molecule has 2 aromatic carbocycles. The van der Waals surface area contributed by atoms with Gasteiger partial charge >= 0.3 is 0 Å². The highest BCUT2D eigenvalue weighted by Gasteiger charge is 2.27. The Morgan fingerprint density at radius 3 is 1.16 bits per heavy atom. The molecule has 0 aromatic heterocycles. The molecular weight excluding hydrogens is 601 g/mol.